The molecule has 0 saturated carbocycles. The molecule has 6 nitrogen and oxygen atoms in total. The number of oxazole rings is 1. The molecule has 0 aliphatic carbocycles. The predicted molar refractivity (Wildman–Crippen MR) is 253 cm³/mol. The van der Waals surface area contributed by atoms with E-state index in [2.05, 4.69) is 212 Å². The largest absolute Gasteiger partial charge is 0.434 e. The van der Waals surface area contributed by atoms with Crippen LogP contribution in [0.1, 0.15) is 49.9 Å². The molecule has 0 amide bonds. The molecule has 298 valence electrons. The van der Waals surface area contributed by atoms with Crippen molar-refractivity contribution in [1.29, 1.82) is 0 Å². The molecule has 0 atom stereocenters. The van der Waals surface area contributed by atoms with Crippen LogP contribution in [0.2, 0.25) is 0 Å². The molecular weight excluding hydrogens is 759 g/mol. The number of hydrogen-bond donors (Lipinski definition) is 0. The maximum Gasteiger partial charge on any atom is 0.227 e. The van der Waals surface area contributed by atoms with Gasteiger partial charge in [0.25, 0.3) is 0 Å². The maximum absolute atomic E-state index is 7.31. The fourth-order valence-electron chi connectivity index (χ4n) is 10.2. The standard InChI is InChI=1S/C56H43N5O/c1-55(2)39-28-14-18-32-43(39)60(44-33-19-15-29-40(44)55)50-48-52(62-54(58-48)37-24-10-6-11-25-37)51(61-45-34-20-16-30-41(45)56(3,4)42-31-17-21-35-46(42)61)47-49(50)59(38-26-12-7-13-27-38)53(57-47)36-22-8-5-9-23-36/h5-35H,1-4H3. The summed E-state index contributed by atoms with van der Waals surface area (Å²) in [5.41, 5.74) is 16.5. The van der Waals surface area contributed by atoms with Gasteiger partial charge in [-0.3, -0.25) is 4.57 Å². The van der Waals surface area contributed by atoms with Gasteiger partial charge in [0.2, 0.25) is 5.89 Å². The molecule has 6 heteroatoms. The van der Waals surface area contributed by atoms with Crippen LogP contribution in [0.5, 0.6) is 0 Å². The number of fused-ring (bicyclic) bond motifs is 6. The molecule has 2 aliphatic heterocycles. The van der Waals surface area contributed by atoms with Crippen LogP contribution in [-0.4, -0.2) is 14.5 Å². The Labute approximate surface area is 361 Å². The maximum atomic E-state index is 7.31. The number of anilines is 6. The summed E-state index contributed by atoms with van der Waals surface area (Å²) >= 11 is 0. The first-order valence-corrected chi connectivity index (χ1v) is 21.4. The summed E-state index contributed by atoms with van der Waals surface area (Å²) in [6.45, 7) is 9.30. The van der Waals surface area contributed by atoms with Crippen molar-refractivity contribution in [2.45, 2.75) is 38.5 Å². The third-order valence-electron chi connectivity index (χ3n) is 13.2. The molecule has 0 bridgehead atoms. The molecule has 0 fully saturated rings. The minimum absolute atomic E-state index is 0.273. The molecule has 12 rings (SSSR count). The topological polar surface area (TPSA) is 50.3 Å². The van der Waals surface area contributed by atoms with Crippen molar-refractivity contribution in [1.82, 2.24) is 14.5 Å². The van der Waals surface area contributed by atoms with E-state index in [1.165, 1.54) is 22.3 Å². The average molecular weight is 802 g/mol. The summed E-state index contributed by atoms with van der Waals surface area (Å²) in [7, 11) is 0. The Morgan fingerprint density at radius 1 is 0.403 bits per heavy atom. The summed E-state index contributed by atoms with van der Waals surface area (Å²) in [6.07, 6.45) is 0. The first kappa shape index (κ1) is 36.2. The highest BCUT2D eigenvalue weighted by atomic mass is 16.3. The van der Waals surface area contributed by atoms with Gasteiger partial charge >= 0.3 is 0 Å². The number of rotatable bonds is 5. The van der Waals surface area contributed by atoms with Gasteiger partial charge in [0.15, 0.2) is 5.58 Å². The Morgan fingerprint density at radius 2 is 0.806 bits per heavy atom. The Bertz CT molecular complexity index is 3270. The van der Waals surface area contributed by atoms with E-state index >= 15 is 0 Å². The van der Waals surface area contributed by atoms with Gasteiger partial charge in [-0.1, -0.05) is 167 Å². The lowest BCUT2D eigenvalue weighted by Crippen LogP contribution is -2.31. The second kappa shape index (κ2) is 13.4. The summed E-state index contributed by atoms with van der Waals surface area (Å²) in [5, 5.41) is 0. The van der Waals surface area contributed by atoms with Gasteiger partial charge in [0.1, 0.15) is 33.7 Å². The van der Waals surface area contributed by atoms with E-state index in [0.717, 1.165) is 73.3 Å². The van der Waals surface area contributed by atoms with Crippen LogP contribution in [-0.2, 0) is 10.8 Å². The number of hydrogen-bond acceptors (Lipinski definition) is 5. The van der Waals surface area contributed by atoms with Gasteiger partial charge in [0, 0.05) is 27.6 Å². The lowest BCUT2D eigenvalue weighted by atomic mass is 9.73. The molecule has 0 radical (unpaired) electrons. The van der Waals surface area contributed by atoms with Crippen molar-refractivity contribution in [3.63, 3.8) is 0 Å². The van der Waals surface area contributed by atoms with Crippen molar-refractivity contribution < 1.29 is 4.42 Å². The normalized spacial score (nSPS) is 14.6. The van der Waals surface area contributed by atoms with Gasteiger partial charge in [-0.05, 0) is 70.8 Å². The van der Waals surface area contributed by atoms with Crippen LogP contribution in [0.15, 0.2) is 192 Å². The Kier molecular flexibility index (Phi) is 7.82. The molecule has 0 saturated heterocycles. The smallest absolute Gasteiger partial charge is 0.227 e. The second-order valence-electron chi connectivity index (χ2n) is 17.4. The Morgan fingerprint density at radius 3 is 1.29 bits per heavy atom. The zero-order valence-electron chi connectivity index (χ0n) is 35.0. The quantitative estimate of drug-likeness (QED) is 0.173. The molecular formula is C56H43N5O. The molecule has 2 aliphatic rings. The van der Waals surface area contributed by atoms with Crippen LogP contribution in [0, 0.1) is 0 Å². The van der Waals surface area contributed by atoms with Crippen LogP contribution in [0.3, 0.4) is 0 Å². The SMILES string of the molecule is CC1(C)c2ccccc2N(c2c3nc(-c4ccccc4)n(-c4ccccc4)c3c(N3c4ccccc4C(C)(C)c4ccccc43)c3nc(-c4ccccc4)oc23)c2ccccc21. The van der Waals surface area contributed by atoms with Crippen LogP contribution in [0.4, 0.5) is 34.1 Å². The second-order valence-corrected chi connectivity index (χ2v) is 17.4. The van der Waals surface area contributed by atoms with Gasteiger partial charge in [-0.2, -0.15) is 0 Å². The van der Waals surface area contributed by atoms with E-state index in [9.17, 15) is 0 Å². The van der Waals surface area contributed by atoms with Gasteiger partial charge in [-0.15, -0.1) is 0 Å². The van der Waals surface area contributed by atoms with Gasteiger partial charge < -0.3 is 14.2 Å². The summed E-state index contributed by atoms with van der Waals surface area (Å²) in [6, 6.07) is 66.6. The molecule has 10 aromatic rings. The molecule has 0 spiro atoms. The highest BCUT2D eigenvalue weighted by molar-refractivity contribution is 6.21. The van der Waals surface area contributed by atoms with Crippen LogP contribution in [0.25, 0.3) is 50.7 Å². The number of imidazole rings is 1. The Hall–Kier alpha value is -7.70. The summed E-state index contributed by atoms with van der Waals surface area (Å²) in [5.74, 6) is 1.37. The first-order valence-electron chi connectivity index (χ1n) is 21.4. The predicted octanol–water partition coefficient (Wildman–Crippen LogP) is 14.7. The third-order valence-corrected chi connectivity index (χ3v) is 13.2. The van der Waals surface area contributed by atoms with E-state index in [0.29, 0.717) is 11.5 Å². The van der Waals surface area contributed by atoms with E-state index in [4.69, 9.17) is 14.4 Å². The third kappa shape index (κ3) is 5.10. The highest BCUT2D eigenvalue weighted by Gasteiger charge is 2.43. The van der Waals surface area contributed by atoms with E-state index in [1.54, 1.807) is 0 Å². The van der Waals surface area contributed by atoms with Crippen LogP contribution < -0.4 is 9.80 Å². The molecule has 62 heavy (non-hydrogen) atoms. The molecule has 8 aromatic carbocycles. The zero-order chi connectivity index (χ0) is 41.7. The minimum Gasteiger partial charge on any atom is -0.434 e. The van der Waals surface area contributed by atoms with Crippen molar-refractivity contribution in [3.8, 4) is 28.5 Å². The number of para-hydroxylation sites is 5. The summed E-state index contributed by atoms with van der Waals surface area (Å²) in [4.78, 5) is 16.3. The first-order chi connectivity index (χ1) is 30.3. The average Bonchev–Trinajstić information content (AvgIpc) is 3.94. The van der Waals surface area contributed by atoms with Crippen molar-refractivity contribution in [2.24, 2.45) is 0 Å². The highest BCUT2D eigenvalue weighted by Crippen LogP contribution is 2.59. The number of nitrogens with zero attached hydrogens (tertiary/aromatic N) is 5. The fraction of sp³-hybridized carbons (Fsp3) is 0.107. The van der Waals surface area contributed by atoms with E-state index in [1.807, 2.05) is 18.2 Å². The fourth-order valence-corrected chi connectivity index (χ4v) is 10.2. The molecule has 0 N–H and O–H groups in total. The van der Waals surface area contributed by atoms with Gasteiger partial charge in [0.05, 0.1) is 22.7 Å². The van der Waals surface area contributed by atoms with Crippen LogP contribution >= 0.6 is 0 Å². The lowest BCUT2D eigenvalue weighted by molar-refractivity contribution is 0.617. The van der Waals surface area contributed by atoms with E-state index in [-0.39, 0.29) is 10.8 Å². The molecule has 0 unspecified atom stereocenters. The number of benzene rings is 8. The Balaban J connectivity index is 1.34. The number of aromatic nitrogens is 3. The van der Waals surface area contributed by atoms with Gasteiger partial charge in [-0.25, -0.2) is 9.97 Å². The zero-order valence-corrected chi connectivity index (χ0v) is 35.0. The monoisotopic (exact) mass is 801 g/mol. The lowest BCUT2D eigenvalue weighted by Gasteiger charge is -2.43. The van der Waals surface area contributed by atoms with Crippen molar-refractivity contribution >= 4 is 56.3 Å². The van der Waals surface area contributed by atoms with Crippen molar-refractivity contribution in [2.75, 3.05) is 9.80 Å². The van der Waals surface area contributed by atoms with Crippen molar-refractivity contribution in [3.05, 3.63) is 210 Å². The molecule has 2 aromatic heterocycles. The molecule has 4 heterocycles. The summed E-state index contributed by atoms with van der Waals surface area (Å²) < 4.78 is 9.65. The van der Waals surface area contributed by atoms with E-state index < -0.39 is 0 Å². The minimum atomic E-state index is -0.274.